The van der Waals surface area contributed by atoms with Gasteiger partial charge in [0.25, 0.3) is 0 Å². The summed E-state index contributed by atoms with van der Waals surface area (Å²) in [6.45, 7) is 4.49. The molecule has 0 spiro atoms. The molecule has 0 aromatic heterocycles. The number of carboxylic acids is 1. The van der Waals surface area contributed by atoms with Crippen LogP contribution in [0.15, 0.2) is 12.2 Å². The lowest BCUT2D eigenvalue weighted by Gasteiger charge is -2.18. The van der Waals surface area contributed by atoms with E-state index in [1.165, 1.54) is 122 Å². The standard InChI is InChI=1S/C39H74O4/c1-3-5-7-8-9-10-11-12-13-14-15-16-17-18-19-20-21-22-23-28-32-36-39(42)43-37(33-29-6-4-2)34-30-26-24-25-27-31-35-38(40)41/h12-13,37H,3-11,14-36H2,1-2H3,(H,40,41)/b13-12-. The first-order chi connectivity index (χ1) is 21.1. The van der Waals surface area contributed by atoms with Gasteiger partial charge in [0.1, 0.15) is 6.10 Å². The van der Waals surface area contributed by atoms with Gasteiger partial charge >= 0.3 is 11.9 Å². The van der Waals surface area contributed by atoms with E-state index in [1.807, 2.05) is 0 Å². The number of hydrogen-bond donors (Lipinski definition) is 1. The van der Waals surface area contributed by atoms with Crippen molar-refractivity contribution in [2.24, 2.45) is 0 Å². The lowest BCUT2D eigenvalue weighted by Crippen LogP contribution is -2.18. The highest BCUT2D eigenvalue weighted by atomic mass is 16.5. The van der Waals surface area contributed by atoms with E-state index in [4.69, 9.17) is 9.84 Å². The van der Waals surface area contributed by atoms with Crippen molar-refractivity contribution in [2.75, 3.05) is 0 Å². The van der Waals surface area contributed by atoms with Gasteiger partial charge in [-0.25, -0.2) is 0 Å². The van der Waals surface area contributed by atoms with Crippen LogP contribution in [0.25, 0.3) is 0 Å². The second kappa shape index (κ2) is 35.2. The number of carboxylic acid groups (broad SMARTS) is 1. The largest absolute Gasteiger partial charge is 0.481 e. The van der Waals surface area contributed by atoms with Crippen molar-refractivity contribution < 1.29 is 19.4 Å². The molecule has 0 aliphatic carbocycles. The highest BCUT2D eigenvalue weighted by Gasteiger charge is 2.14. The van der Waals surface area contributed by atoms with Crippen LogP contribution in [0.3, 0.4) is 0 Å². The monoisotopic (exact) mass is 607 g/mol. The molecule has 0 aromatic rings. The van der Waals surface area contributed by atoms with Gasteiger partial charge in [-0.2, -0.15) is 0 Å². The number of allylic oxidation sites excluding steroid dienone is 2. The quantitative estimate of drug-likeness (QED) is 0.0443. The molecule has 1 N–H and O–H groups in total. The molecule has 4 heteroatoms. The van der Waals surface area contributed by atoms with Crippen molar-refractivity contribution >= 4 is 11.9 Å². The highest BCUT2D eigenvalue weighted by Crippen LogP contribution is 2.18. The molecule has 0 saturated heterocycles. The van der Waals surface area contributed by atoms with Gasteiger partial charge in [0.15, 0.2) is 0 Å². The summed E-state index contributed by atoms with van der Waals surface area (Å²) in [7, 11) is 0. The Morgan fingerprint density at radius 3 is 1.30 bits per heavy atom. The molecule has 0 saturated carbocycles. The topological polar surface area (TPSA) is 63.6 Å². The van der Waals surface area contributed by atoms with Crippen LogP contribution in [-0.4, -0.2) is 23.1 Å². The van der Waals surface area contributed by atoms with Crippen molar-refractivity contribution in [3.8, 4) is 0 Å². The van der Waals surface area contributed by atoms with Gasteiger partial charge in [-0.15, -0.1) is 0 Å². The maximum absolute atomic E-state index is 12.5. The fourth-order valence-corrected chi connectivity index (χ4v) is 5.89. The second-order valence-corrected chi connectivity index (χ2v) is 13.1. The lowest BCUT2D eigenvalue weighted by molar-refractivity contribution is -0.150. The molecule has 0 rings (SSSR count). The van der Waals surface area contributed by atoms with Crippen LogP contribution < -0.4 is 0 Å². The first-order valence-corrected chi connectivity index (χ1v) is 19.2. The number of carbonyl (C=O) groups excluding carboxylic acids is 1. The van der Waals surface area contributed by atoms with Crippen LogP contribution in [-0.2, 0) is 14.3 Å². The molecule has 0 aromatic carbocycles. The van der Waals surface area contributed by atoms with E-state index in [9.17, 15) is 9.59 Å². The summed E-state index contributed by atoms with van der Waals surface area (Å²) in [5.74, 6) is -0.691. The second-order valence-electron chi connectivity index (χ2n) is 13.1. The number of aliphatic carboxylic acids is 1. The Hall–Kier alpha value is -1.32. The SMILES string of the molecule is CCCCCCCC/C=C\CCCCCCCCCCCCCC(=O)OC(CCCCC)CCCCCCCCC(=O)O. The first-order valence-electron chi connectivity index (χ1n) is 19.2. The number of esters is 1. The minimum absolute atomic E-state index is 0.00321. The summed E-state index contributed by atoms with van der Waals surface area (Å²) in [4.78, 5) is 23.1. The molecule has 0 amide bonds. The van der Waals surface area contributed by atoms with E-state index in [0.717, 1.165) is 70.6 Å². The summed E-state index contributed by atoms with van der Waals surface area (Å²) >= 11 is 0. The number of ether oxygens (including phenoxy) is 1. The summed E-state index contributed by atoms with van der Waals surface area (Å²) in [5.41, 5.74) is 0. The third-order valence-electron chi connectivity index (χ3n) is 8.74. The predicted molar refractivity (Wildman–Crippen MR) is 186 cm³/mol. The minimum Gasteiger partial charge on any atom is -0.481 e. The molecule has 0 aliphatic rings. The van der Waals surface area contributed by atoms with Gasteiger partial charge < -0.3 is 9.84 Å². The van der Waals surface area contributed by atoms with E-state index in [1.54, 1.807) is 0 Å². The van der Waals surface area contributed by atoms with Crippen LogP contribution in [0.5, 0.6) is 0 Å². The zero-order valence-electron chi connectivity index (χ0n) is 29.0. The molecule has 0 heterocycles. The Balaban J connectivity index is 3.61. The number of carbonyl (C=O) groups is 2. The lowest BCUT2D eigenvalue weighted by atomic mass is 10.0. The third-order valence-corrected chi connectivity index (χ3v) is 8.74. The molecular formula is C39H74O4. The van der Waals surface area contributed by atoms with E-state index < -0.39 is 5.97 Å². The Bertz CT molecular complexity index is 614. The fourth-order valence-electron chi connectivity index (χ4n) is 5.89. The Labute approximate surface area is 268 Å². The molecule has 1 atom stereocenters. The average molecular weight is 607 g/mol. The summed E-state index contributed by atoms with van der Waals surface area (Å²) < 4.78 is 5.90. The van der Waals surface area contributed by atoms with Crippen LogP contribution in [0, 0.1) is 0 Å². The smallest absolute Gasteiger partial charge is 0.306 e. The van der Waals surface area contributed by atoms with E-state index >= 15 is 0 Å². The normalized spacial score (nSPS) is 12.2. The van der Waals surface area contributed by atoms with Gasteiger partial charge in [0.05, 0.1) is 0 Å². The molecule has 1 unspecified atom stereocenters. The highest BCUT2D eigenvalue weighted by molar-refractivity contribution is 5.69. The Morgan fingerprint density at radius 2 is 0.837 bits per heavy atom. The summed E-state index contributed by atoms with van der Waals surface area (Å²) in [6, 6.07) is 0. The molecule has 43 heavy (non-hydrogen) atoms. The molecule has 0 radical (unpaired) electrons. The molecule has 254 valence electrons. The molecular weight excluding hydrogens is 532 g/mol. The van der Waals surface area contributed by atoms with Crippen LogP contribution in [0.1, 0.15) is 219 Å². The van der Waals surface area contributed by atoms with Crippen molar-refractivity contribution in [2.45, 2.75) is 225 Å². The maximum Gasteiger partial charge on any atom is 0.306 e. The number of hydrogen-bond acceptors (Lipinski definition) is 3. The van der Waals surface area contributed by atoms with E-state index in [-0.39, 0.29) is 18.5 Å². The van der Waals surface area contributed by atoms with Gasteiger partial charge in [-0.1, -0.05) is 154 Å². The Morgan fingerprint density at radius 1 is 0.488 bits per heavy atom. The zero-order valence-corrected chi connectivity index (χ0v) is 29.0. The Kier molecular flexibility index (Phi) is 34.1. The fraction of sp³-hybridized carbons (Fsp3) is 0.897. The predicted octanol–water partition coefficient (Wildman–Crippen LogP) is 13.1. The van der Waals surface area contributed by atoms with Crippen LogP contribution in [0.4, 0.5) is 0 Å². The summed E-state index contributed by atoms with van der Waals surface area (Å²) in [6.07, 6.45) is 42.7. The van der Waals surface area contributed by atoms with Crippen molar-refractivity contribution in [1.82, 2.24) is 0 Å². The maximum atomic E-state index is 12.5. The van der Waals surface area contributed by atoms with Gasteiger partial charge in [0.2, 0.25) is 0 Å². The van der Waals surface area contributed by atoms with Gasteiger partial charge in [0, 0.05) is 12.8 Å². The van der Waals surface area contributed by atoms with Crippen molar-refractivity contribution in [1.29, 1.82) is 0 Å². The van der Waals surface area contributed by atoms with Crippen LogP contribution in [0.2, 0.25) is 0 Å². The van der Waals surface area contributed by atoms with Gasteiger partial charge in [-0.3, -0.25) is 9.59 Å². The summed E-state index contributed by atoms with van der Waals surface area (Å²) in [5, 5.41) is 8.72. The molecule has 0 bridgehead atoms. The first kappa shape index (κ1) is 41.7. The average Bonchev–Trinajstić information content (AvgIpc) is 2.99. The zero-order chi connectivity index (χ0) is 31.5. The van der Waals surface area contributed by atoms with Crippen molar-refractivity contribution in [3.63, 3.8) is 0 Å². The van der Waals surface area contributed by atoms with E-state index in [2.05, 4.69) is 26.0 Å². The van der Waals surface area contributed by atoms with Crippen molar-refractivity contribution in [3.05, 3.63) is 12.2 Å². The third kappa shape index (κ3) is 35.0. The van der Waals surface area contributed by atoms with Crippen LogP contribution >= 0.6 is 0 Å². The molecule has 0 fully saturated rings. The number of rotatable bonds is 35. The molecule has 0 aliphatic heterocycles. The minimum atomic E-state index is -0.694. The number of unbranched alkanes of at least 4 members (excludes halogenated alkanes) is 24. The molecule has 4 nitrogen and oxygen atoms in total. The van der Waals surface area contributed by atoms with Gasteiger partial charge in [-0.05, 0) is 64.2 Å². The van der Waals surface area contributed by atoms with E-state index in [0.29, 0.717) is 6.42 Å².